The topological polar surface area (TPSA) is 107 Å². The normalized spacial score (nSPS) is 23.1. The molecule has 3 aliphatic rings. The molecular formula is C21H28N6O4. The zero-order chi connectivity index (χ0) is 21.6. The van der Waals surface area contributed by atoms with Gasteiger partial charge in [-0.15, -0.1) is 5.10 Å². The number of rotatable bonds is 3. The summed E-state index contributed by atoms with van der Waals surface area (Å²) in [5.41, 5.74) is 1.74. The number of carbonyl (C=O) groups is 2. The zero-order valence-electron chi connectivity index (χ0n) is 18.0. The van der Waals surface area contributed by atoms with Crippen molar-refractivity contribution in [2.45, 2.75) is 45.6 Å². The Bertz CT molecular complexity index is 964. The third-order valence-electron chi connectivity index (χ3n) is 7.26. The Morgan fingerprint density at radius 2 is 1.74 bits per heavy atom. The van der Waals surface area contributed by atoms with Crippen LogP contribution in [0.3, 0.4) is 0 Å². The highest BCUT2D eigenvalue weighted by molar-refractivity contribution is 5.96. The van der Waals surface area contributed by atoms with Gasteiger partial charge in [0.15, 0.2) is 5.69 Å². The van der Waals surface area contributed by atoms with E-state index in [1.807, 2.05) is 9.58 Å². The highest BCUT2D eigenvalue weighted by Gasteiger charge is 2.50. The molecule has 4 heterocycles. The number of morpholine rings is 1. The molecule has 10 heteroatoms. The number of amides is 2. The monoisotopic (exact) mass is 428 g/mol. The lowest BCUT2D eigenvalue weighted by molar-refractivity contribution is -0.0268. The van der Waals surface area contributed by atoms with Crippen molar-refractivity contribution in [3.05, 3.63) is 28.9 Å². The molecule has 1 atom stereocenters. The number of hydrogen-bond acceptors (Lipinski definition) is 7. The molecule has 1 saturated carbocycles. The molecule has 0 aromatic carbocycles. The van der Waals surface area contributed by atoms with E-state index in [0.29, 0.717) is 62.1 Å². The number of aryl methyl sites for hydroxylation is 2. The lowest BCUT2D eigenvalue weighted by Crippen LogP contribution is -2.51. The number of carbonyl (C=O) groups excluding carboxylic acids is 2. The van der Waals surface area contributed by atoms with Crippen LogP contribution in [-0.2, 0) is 4.74 Å². The maximum absolute atomic E-state index is 12.9. The highest BCUT2D eigenvalue weighted by atomic mass is 16.5. The van der Waals surface area contributed by atoms with Crippen molar-refractivity contribution in [3.63, 3.8) is 0 Å². The molecular weight excluding hydrogens is 400 g/mol. The number of nitrogens with zero attached hydrogens (tertiary/aromatic N) is 6. The van der Waals surface area contributed by atoms with Gasteiger partial charge in [0.2, 0.25) is 0 Å². The summed E-state index contributed by atoms with van der Waals surface area (Å²) in [7, 11) is 0. The van der Waals surface area contributed by atoms with Gasteiger partial charge in [0.05, 0.1) is 31.1 Å². The second kappa shape index (κ2) is 7.74. The van der Waals surface area contributed by atoms with Crippen molar-refractivity contribution in [2.24, 2.45) is 5.41 Å². The van der Waals surface area contributed by atoms with Crippen LogP contribution in [0.2, 0.25) is 0 Å². The molecule has 166 valence electrons. The minimum Gasteiger partial charge on any atom is -0.378 e. The summed E-state index contributed by atoms with van der Waals surface area (Å²) >= 11 is 0. The number of ether oxygens (including phenoxy) is 1. The molecule has 1 unspecified atom stereocenters. The number of likely N-dealkylation sites (tertiary alicyclic amines) is 1. The molecule has 1 spiro atoms. The summed E-state index contributed by atoms with van der Waals surface area (Å²) < 4.78 is 12.4. The third kappa shape index (κ3) is 3.42. The third-order valence-corrected chi connectivity index (χ3v) is 7.26. The second-order valence-corrected chi connectivity index (χ2v) is 8.90. The lowest BCUT2D eigenvalue weighted by Gasteiger charge is -2.53. The second-order valence-electron chi connectivity index (χ2n) is 8.90. The largest absolute Gasteiger partial charge is 0.378 e. The standard InChI is InChI=1S/C21H28N6O4/c1-14-18(15(2)31-23-14)20(29)25-7-5-21(6-8-25)4-3-17(21)27-13-16(22-24-27)19(28)26-9-11-30-12-10-26/h13,17H,3-12H2,1-2H3. The quantitative estimate of drug-likeness (QED) is 0.731. The van der Waals surface area contributed by atoms with E-state index in [-0.39, 0.29) is 23.3 Å². The molecule has 3 fully saturated rings. The minimum absolute atomic E-state index is 0.00104. The smallest absolute Gasteiger partial charge is 0.276 e. The van der Waals surface area contributed by atoms with E-state index < -0.39 is 0 Å². The molecule has 2 amide bonds. The van der Waals surface area contributed by atoms with E-state index in [1.165, 1.54) is 0 Å². The van der Waals surface area contributed by atoms with Crippen LogP contribution >= 0.6 is 0 Å². The Morgan fingerprint density at radius 1 is 1.03 bits per heavy atom. The first-order chi connectivity index (χ1) is 15.0. The van der Waals surface area contributed by atoms with Gasteiger partial charge >= 0.3 is 0 Å². The molecule has 2 aromatic rings. The summed E-state index contributed by atoms with van der Waals surface area (Å²) in [6.45, 7) is 7.30. The molecule has 1 aliphatic carbocycles. The van der Waals surface area contributed by atoms with E-state index in [4.69, 9.17) is 9.26 Å². The molecule has 2 aromatic heterocycles. The number of aromatic nitrogens is 4. The van der Waals surface area contributed by atoms with Gasteiger partial charge in [-0.3, -0.25) is 9.59 Å². The van der Waals surface area contributed by atoms with Crippen LogP contribution in [0, 0.1) is 19.3 Å². The first-order valence-electron chi connectivity index (χ1n) is 11.0. The summed E-state index contributed by atoms with van der Waals surface area (Å²) in [5, 5.41) is 12.4. The van der Waals surface area contributed by atoms with Crippen LogP contribution in [0.25, 0.3) is 0 Å². The van der Waals surface area contributed by atoms with Crippen LogP contribution in [0.15, 0.2) is 10.7 Å². The molecule has 0 N–H and O–H groups in total. The summed E-state index contributed by atoms with van der Waals surface area (Å²) in [4.78, 5) is 29.3. The predicted octanol–water partition coefficient (Wildman–Crippen LogP) is 1.61. The predicted molar refractivity (Wildman–Crippen MR) is 109 cm³/mol. The van der Waals surface area contributed by atoms with Crippen LogP contribution in [-0.4, -0.2) is 81.2 Å². The van der Waals surface area contributed by atoms with E-state index in [1.54, 1.807) is 24.9 Å². The molecule has 0 bridgehead atoms. The molecule has 10 nitrogen and oxygen atoms in total. The Hall–Kier alpha value is -2.75. The Morgan fingerprint density at radius 3 is 2.35 bits per heavy atom. The van der Waals surface area contributed by atoms with E-state index in [0.717, 1.165) is 25.7 Å². The molecule has 2 saturated heterocycles. The average molecular weight is 428 g/mol. The van der Waals surface area contributed by atoms with Gasteiger partial charge in [0.1, 0.15) is 11.3 Å². The summed E-state index contributed by atoms with van der Waals surface area (Å²) in [6, 6.07) is 0.225. The van der Waals surface area contributed by atoms with Crippen LogP contribution in [0.4, 0.5) is 0 Å². The van der Waals surface area contributed by atoms with Crippen LogP contribution in [0.1, 0.15) is 64.0 Å². The zero-order valence-corrected chi connectivity index (χ0v) is 18.0. The number of piperidine rings is 1. The molecule has 31 heavy (non-hydrogen) atoms. The molecule has 0 radical (unpaired) electrons. The fraction of sp³-hybridized carbons (Fsp3) is 0.667. The van der Waals surface area contributed by atoms with Gasteiger partial charge in [0, 0.05) is 26.2 Å². The van der Waals surface area contributed by atoms with Gasteiger partial charge in [-0.2, -0.15) is 0 Å². The summed E-state index contributed by atoms with van der Waals surface area (Å²) in [6.07, 6.45) is 5.76. The van der Waals surface area contributed by atoms with E-state index in [2.05, 4.69) is 15.5 Å². The number of hydrogen-bond donors (Lipinski definition) is 0. The van der Waals surface area contributed by atoms with E-state index >= 15 is 0 Å². The summed E-state index contributed by atoms with van der Waals surface area (Å²) in [5.74, 6) is 0.494. The van der Waals surface area contributed by atoms with Gasteiger partial charge in [-0.25, -0.2) is 4.68 Å². The van der Waals surface area contributed by atoms with Gasteiger partial charge < -0.3 is 19.1 Å². The SMILES string of the molecule is Cc1noc(C)c1C(=O)N1CCC2(CCC2n2cc(C(=O)N3CCOCC3)nn2)CC1. The first kappa shape index (κ1) is 20.2. The van der Waals surface area contributed by atoms with Crippen molar-refractivity contribution < 1.29 is 18.8 Å². The first-order valence-corrected chi connectivity index (χ1v) is 11.0. The lowest BCUT2D eigenvalue weighted by atomic mass is 9.59. The fourth-order valence-electron chi connectivity index (χ4n) is 5.23. The van der Waals surface area contributed by atoms with Crippen LogP contribution in [0.5, 0.6) is 0 Å². The van der Waals surface area contributed by atoms with Gasteiger partial charge in [-0.05, 0) is 44.9 Å². The van der Waals surface area contributed by atoms with Crippen molar-refractivity contribution in [3.8, 4) is 0 Å². The van der Waals surface area contributed by atoms with E-state index in [9.17, 15) is 9.59 Å². The maximum atomic E-state index is 12.9. The molecule has 2 aliphatic heterocycles. The highest BCUT2D eigenvalue weighted by Crippen LogP contribution is 2.56. The minimum atomic E-state index is -0.0807. The molecule has 5 rings (SSSR count). The van der Waals surface area contributed by atoms with Gasteiger partial charge in [0.25, 0.3) is 11.8 Å². The van der Waals surface area contributed by atoms with Crippen molar-refractivity contribution in [2.75, 3.05) is 39.4 Å². The van der Waals surface area contributed by atoms with Gasteiger partial charge in [-0.1, -0.05) is 10.4 Å². The van der Waals surface area contributed by atoms with Crippen molar-refractivity contribution >= 4 is 11.8 Å². The Kier molecular flexibility index (Phi) is 5.04. The van der Waals surface area contributed by atoms with Crippen molar-refractivity contribution in [1.82, 2.24) is 30.0 Å². The Labute approximate surface area is 180 Å². The Balaban J connectivity index is 1.24. The average Bonchev–Trinajstić information content (AvgIpc) is 3.39. The van der Waals surface area contributed by atoms with Crippen LogP contribution < -0.4 is 0 Å². The fourth-order valence-corrected chi connectivity index (χ4v) is 5.23. The maximum Gasteiger partial charge on any atom is 0.276 e. The van der Waals surface area contributed by atoms with Crippen molar-refractivity contribution in [1.29, 1.82) is 0 Å².